The zero-order chi connectivity index (χ0) is 23.6. The van der Waals surface area contributed by atoms with Gasteiger partial charge < -0.3 is 19.2 Å². The van der Waals surface area contributed by atoms with Crippen molar-refractivity contribution in [2.45, 2.75) is 19.4 Å². The average Bonchev–Trinajstić information content (AvgIpc) is 3.28. The van der Waals surface area contributed by atoms with Crippen molar-refractivity contribution in [1.29, 1.82) is 0 Å². The Labute approximate surface area is 203 Å². The fraction of sp³-hybridized carbons (Fsp3) is 0.259. The Hall–Kier alpha value is -3.19. The number of halogens is 1. The van der Waals surface area contributed by atoms with E-state index < -0.39 is 0 Å². The van der Waals surface area contributed by atoms with Gasteiger partial charge in [0.25, 0.3) is 0 Å². The lowest BCUT2D eigenvalue weighted by Gasteiger charge is -2.08. The lowest BCUT2D eigenvalue weighted by Crippen LogP contribution is -2.30. The molecule has 6 nitrogen and oxygen atoms in total. The second-order valence-electron chi connectivity index (χ2n) is 7.87. The summed E-state index contributed by atoms with van der Waals surface area (Å²) in [7, 11) is 0. The highest BCUT2D eigenvalue weighted by molar-refractivity contribution is 6.30. The minimum atomic E-state index is -0.144. The van der Waals surface area contributed by atoms with Crippen molar-refractivity contribution in [2.24, 2.45) is 0 Å². The Morgan fingerprint density at radius 1 is 0.941 bits per heavy atom. The summed E-state index contributed by atoms with van der Waals surface area (Å²) in [6, 6.07) is 23.4. The molecule has 34 heavy (non-hydrogen) atoms. The van der Waals surface area contributed by atoms with E-state index in [1.165, 1.54) is 5.56 Å². The van der Waals surface area contributed by atoms with E-state index in [-0.39, 0.29) is 12.5 Å². The molecule has 1 heterocycles. The molecule has 7 heteroatoms. The smallest absolute Gasteiger partial charge is 0.246 e. The standard InChI is InChI=1S/C27H27ClN2O4/c28-23-7-3-5-20(17-23)6-4-15-32-19-26(31)29-14-16-33-18-21-10-12-22(13-11-21)27-30-24-8-1-2-9-25(24)34-27/h1-3,5,7-13,17H,4,6,14-16,18-19H2,(H,29,31). The first kappa shape index (κ1) is 24.0. The van der Waals surface area contributed by atoms with E-state index in [9.17, 15) is 4.79 Å². The molecular weight excluding hydrogens is 452 g/mol. The number of hydrogen-bond acceptors (Lipinski definition) is 5. The zero-order valence-electron chi connectivity index (χ0n) is 18.8. The summed E-state index contributed by atoms with van der Waals surface area (Å²) in [5.41, 5.74) is 4.73. The highest BCUT2D eigenvalue weighted by Crippen LogP contribution is 2.24. The third kappa shape index (κ3) is 7.15. The van der Waals surface area contributed by atoms with E-state index in [1.807, 2.05) is 72.8 Å². The van der Waals surface area contributed by atoms with Crippen molar-refractivity contribution in [1.82, 2.24) is 10.3 Å². The minimum absolute atomic E-state index is 0.0484. The highest BCUT2D eigenvalue weighted by atomic mass is 35.5. The van der Waals surface area contributed by atoms with Crippen LogP contribution in [0.2, 0.25) is 5.02 Å². The van der Waals surface area contributed by atoms with Crippen LogP contribution in [0.25, 0.3) is 22.6 Å². The SMILES string of the molecule is O=C(COCCCc1cccc(Cl)c1)NCCOCc1ccc(-c2nc3ccccc3o2)cc1. The lowest BCUT2D eigenvalue weighted by molar-refractivity contribution is -0.125. The van der Waals surface area contributed by atoms with E-state index in [0.717, 1.165) is 40.1 Å². The molecule has 1 N–H and O–H groups in total. The van der Waals surface area contributed by atoms with Crippen LogP contribution in [0, 0.1) is 0 Å². The van der Waals surface area contributed by atoms with Gasteiger partial charge in [0.2, 0.25) is 11.8 Å². The number of aryl methyl sites for hydroxylation is 1. The Bertz CT molecular complexity index is 1170. The molecule has 0 aliphatic heterocycles. The number of nitrogens with zero attached hydrogens (tertiary/aromatic N) is 1. The molecule has 0 aliphatic rings. The van der Waals surface area contributed by atoms with Gasteiger partial charge in [-0.3, -0.25) is 4.79 Å². The van der Waals surface area contributed by atoms with Gasteiger partial charge in [0.05, 0.1) is 13.2 Å². The van der Waals surface area contributed by atoms with Crippen LogP contribution < -0.4 is 5.32 Å². The molecule has 0 spiro atoms. The van der Waals surface area contributed by atoms with Crippen LogP contribution >= 0.6 is 11.6 Å². The van der Waals surface area contributed by atoms with Crippen molar-refractivity contribution in [3.05, 3.63) is 88.9 Å². The van der Waals surface area contributed by atoms with Crippen molar-refractivity contribution in [3.63, 3.8) is 0 Å². The second kappa shape index (κ2) is 12.3. The Balaban J connectivity index is 1.07. The second-order valence-corrected chi connectivity index (χ2v) is 8.31. The van der Waals surface area contributed by atoms with Gasteiger partial charge in [0, 0.05) is 23.7 Å². The molecule has 4 rings (SSSR count). The van der Waals surface area contributed by atoms with Gasteiger partial charge in [-0.05, 0) is 60.4 Å². The lowest BCUT2D eigenvalue weighted by atomic mass is 10.1. The van der Waals surface area contributed by atoms with E-state index in [0.29, 0.717) is 32.3 Å². The first-order chi connectivity index (χ1) is 16.7. The highest BCUT2D eigenvalue weighted by Gasteiger charge is 2.07. The van der Waals surface area contributed by atoms with Crippen LogP contribution in [0.15, 0.2) is 77.2 Å². The maximum atomic E-state index is 11.9. The van der Waals surface area contributed by atoms with Gasteiger partial charge in [-0.1, -0.05) is 48.0 Å². The van der Waals surface area contributed by atoms with Crippen LogP contribution in [0.1, 0.15) is 17.5 Å². The Morgan fingerprint density at radius 3 is 2.62 bits per heavy atom. The number of fused-ring (bicyclic) bond motifs is 1. The molecule has 3 aromatic carbocycles. The first-order valence-corrected chi connectivity index (χ1v) is 11.7. The summed E-state index contributed by atoms with van der Waals surface area (Å²) in [5.74, 6) is 0.456. The van der Waals surface area contributed by atoms with E-state index >= 15 is 0 Å². The van der Waals surface area contributed by atoms with E-state index in [1.54, 1.807) is 0 Å². The molecule has 0 saturated heterocycles. The predicted octanol–water partition coefficient (Wildman–Crippen LogP) is 5.43. The molecule has 0 unspecified atom stereocenters. The van der Waals surface area contributed by atoms with E-state index in [4.69, 9.17) is 25.5 Å². The Kier molecular flexibility index (Phi) is 8.68. The molecule has 0 bridgehead atoms. The summed E-state index contributed by atoms with van der Waals surface area (Å²) in [5, 5.41) is 3.53. The van der Waals surface area contributed by atoms with Gasteiger partial charge >= 0.3 is 0 Å². The van der Waals surface area contributed by atoms with Crippen LogP contribution in [-0.2, 0) is 27.3 Å². The molecule has 1 amide bonds. The maximum Gasteiger partial charge on any atom is 0.246 e. The zero-order valence-corrected chi connectivity index (χ0v) is 19.6. The summed E-state index contributed by atoms with van der Waals surface area (Å²) in [6.45, 7) is 1.89. The van der Waals surface area contributed by atoms with Crippen molar-refractivity contribution in [2.75, 3.05) is 26.4 Å². The number of carbonyl (C=O) groups is 1. The molecule has 0 aliphatic carbocycles. The monoisotopic (exact) mass is 478 g/mol. The Morgan fingerprint density at radius 2 is 1.79 bits per heavy atom. The third-order valence-corrected chi connectivity index (χ3v) is 5.44. The first-order valence-electron chi connectivity index (χ1n) is 11.3. The molecule has 0 fully saturated rings. The van der Waals surface area contributed by atoms with Gasteiger partial charge in [-0.2, -0.15) is 0 Å². The van der Waals surface area contributed by atoms with Gasteiger partial charge in [0.1, 0.15) is 12.1 Å². The van der Waals surface area contributed by atoms with Crippen LogP contribution in [-0.4, -0.2) is 37.3 Å². The number of carbonyl (C=O) groups excluding carboxylic acids is 1. The van der Waals surface area contributed by atoms with Crippen LogP contribution in [0.4, 0.5) is 0 Å². The number of amides is 1. The number of oxazole rings is 1. The summed E-state index contributed by atoms with van der Waals surface area (Å²) in [4.78, 5) is 16.4. The third-order valence-electron chi connectivity index (χ3n) is 5.21. The molecule has 1 aromatic heterocycles. The largest absolute Gasteiger partial charge is 0.436 e. The molecule has 176 valence electrons. The summed E-state index contributed by atoms with van der Waals surface area (Å²) >= 11 is 5.97. The fourth-order valence-corrected chi connectivity index (χ4v) is 3.69. The molecule has 4 aromatic rings. The van der Waals surface area contributed by atoms with E-state index in [2.05, 4.69) is 10.3 Å². The minimum Gasteiger partial charge on any atom is -0.436 e. The summed E-state index contributed by atoms with van der Waals surface area (Å²) in [6.07, 6.45) is 1.70. The normalized spacial score (nSPS) is 11.1. The van der Waals surface area contributed by atoms with Crippen LogP contribution in [0.5, 0.6) is 0 Å². The molecule has 0 atom stereocenters. The fourth-order valence-electron chi connectivity index (χ4n) is 3.48. The number of rotatable bonds is 12. The number of aromatic nitrogens is 1. The van der Waals surface area contributed by atoms with Crippen LogP contribution in [0.3, 0.4) is 0 Å². The quantitative estimate of drug-likeness (QED) is 0.275. The number of ether oxygens (including phenoxy) is 2. The summed E-state index contributed by atoms with van der Waals surface area (Å²) < 4.78 is 16.9. The molecular formula is C27H27ClN2O4. The maximum absolute atomic E-state index is 11.9. The molecule has 0 saturated carbocycles. The van der Waals surface area contributed by atoms with Gasteiger partial charge in [-0.25, -0.2) is 4.98 Å². The number of hydrogen-bond donors (Lipinski definition) is 1. The average molecular weight is 479 g/mol. The van der Waals surface area contributed by atoms with Crippen molar-refractivity contribution < 1.29 is 18.7 Å². The number of benzene rings is 3. The van der Waals surface area contributed by atoms with Crippen molar-refractivity contribution >= 4 is 28.6 Å². The number of para-hydroxylation sites is 2. The van der Waals surface area contributed by atoms with Gasteiger partial charge in [-0.15, -0.1) is 0 Å². The topological polar surface area (TPSA) is 73.6 Å². The predicted molar refractivity (Wildman–Crippen MR) is 133 cm³/mol. The number of nitrogens with one attached hydrogen (secondary N) is 1. The molecule has 0 radical (unpaired) electrons. The van der Waals surface area contributed by atoms with Crippen molar-refractivity contribution in [3.8, 4) is 11.5 Å². The van der Waals surface area contributed by atoms with Gasteiger partial charge in [0.15, 0.2) is 5.58 Å².